The molecule has 0 amide bonds. The van der Waals surface area contributed by atoms with Gasteiger partial charge in [0.05, 0.1) is 5.69 Å². The molecule has 0 radical (unpaired) electrons. The SMILES string of the molecule is Cc1ccc(S(=O)(=O)Oc2cccc3cc4cc5cc6c(-n7cccc7)c7cc8cc9ccccc9cc8cc7cc6cc5cc4cc23)cc1. The average Bonchev–Trinajstić information content (AvgIpc) is 3.65. The molecule has 0 spiro atoms. The molecular weight excluding hydrogens is 635 g/mol. The van der Waals surface area contributed by atoms with Crippen LogP contribution in [0.2, 0.25) is 0 Å². The van der Waals surface area contributed by atoms with Gasteiger partial charge in [0.2, 0.25) is 0 Å². The molecule has 0 bridgehead atoms. The van der Waals surface area contributed by atoms with Gasteiger partial charge in [0.15, 0.2) is 5.75 Å². The largest absolute Gasteiger partial charge is 0.378 e. The first-order valence-electron chi connectivity index (χ1n) is 16.6. The fourth-order valence-corrected chi connectivity index (χ4v) is 8.44. The molecule has 238 valence electrons. The van der Waals surface area contributed by atoms with Crippen molar-refractivity contribution in [3.8, 4) is 11.4 Å². The second kappa shape index (κ2) is 10.7. The van der Waals surface area contributed by atoms with Crippen LogP contribution in [0.15, 0.2) is 163 Å². The fourth-order valence-electron chi connectivity index (χ4n) is 7.49. The molecule has 5 heteroatoms. The van der Waals surface area contributed by atoms with E-state index in [1.54, 1.807) is 30.3 Å². The molecule has 10 aromatic rings. The maximum atomic E-state index is 13.2. The molecule has 9 aromatic carbocycles. The molecule has 1 aromatic heterocycles. The van der Waals surface area contributed by atoms with Gasteiger partial charge < -0.3 is 8.75 Å². The van der Waals surface area contributed by atoms with Crippen molar-refractivity contribution in [1.29, 1.82) is 0 Å². The standard InChI is InChI=1S/C45H29NO3S/c1-28-11-13-40(14-12-28)50(47,48)49-44-10-6-9-31-19-33-20-37-27-43-39(23-34(37)21-36(33)25-41(31)44)24-38-22-32-17-29-7-2-3-8-30(29)18-35(32)26-42(38)45(43)46-15-4-5-16-46/h2-27H,1H3. The van der Waals surface area contributed by atoms with Crippen LogP contribution in [0.4, 0.5) is 0 Å². The van der Waals surface area contributed by atoms with E-state index in [0.717, 1.165) is 49.0 Å². The smallest absolute Gasteiger partial charge is 0.339 e. The van der Waals surface area contributed by atoms with Gasteiger partial charge in [-0.25, -0.2) is 0 Å². The van der Waals surface area contributed by atoms with Crippen LogP contribution < -0.4 is 4.18 Å². The Morgan fingerprint density at radius 2 is 0.900 bits per heavy atom. The fraction of sp³-hybridized carbons (Fsp3) is 0.0222. The monoisotopic (exact) mass is 663 g/mol. The molecule has 0 unspecified atom stereocenters. The van der Waals surface area contributed by atoms with Crippen molar-refractivity contribution in [2.45, 2.75) is 11.8 Å². The molecule has 10 rings (SSSR count). The minimum Gasteiger partial charge on any atom is -0.378 e. The van der Waals surface area contributed by atoms with Crippen molar-refractivity contribution in [2.24, 2.45) is 0 Å². The Hall–Kier alpha value is -6.17. The van der Waals surface area contributed by atoms with E-state index in [2.05, 4.69) is 114 Å². The molecule has 4 nitrogen and oxygen atoms in total. The van der Waals surface area contributed by atoms with E-state index in [0.29, 0.717) is 5.75 Å². The Morgan fingerprint density at radius 3 is 1.50 bits per heavy atom. The van der Waals surface area contributed by atoms with Crippen LogP contribution in [-0.4, -0.2) is 13.0 Å². The zero-order valence-electron chi connectivity index (χ0n) is 27.1. The molecule has 0 N–H and O–H groups in total. The lowest BCUT2D eigenvalue weighted by Gasteiger charge is -2.16. The molecule has 0 saturated heterocycles. The zero-order valence-corrected chi connectivity index (χ0v) is 27.9. The van der Waals surface area contributed by atoms with E-state index in [-0.39, 0.29) is 4.90 Å². The van der Waals surface area contributed by atoms with Gasteiger partial charge in [-0.15, -0.1) is 0 Å². The van der Waals surface area contributed by atoms with E-state index < -0.39 is 10.1 Å². The number of aryl methyl sites for hydroxylation is 1. The number of rotatable bonds is 4. The van der Waals surface area contributed by atoms with Crippen molar-refractivity contribution < 1.29 is 12.6 Å². The highest BCUT2D eigenvalue weighted by Gasteiger charge is 2.19. The Bertz CT molecular complexity index is 3130. The van der Waals surface area contributed by atoms with E-state index in [1.807, 2.05) is 25.1 Å². The lowest BCUT2D eigenvalue weighted by Crippen LogP contribution is -2.09. The summed E-state index contributed by atoms with van der Waals surface area (Å²) in [5.74, 6) is 0.312. The van der Waals surface area contributed by atoms with Crippen LogP contribution in [0.1, 0.15) is 5.56 Å². The number of fused-ring (bicyclic) bond motifs is 7. The van der Waals surface area contributed by atoms with Gasteiger partial charge in [-0.3, -0.25) is 0 Å². The number of hydrogen-bond acceptors (Lipinski definition) is 3. The Kier molecular flexibility index (Phi) is 6.14. The van der Waals surface area contributed by atoms with Crippen molar-refractivity contribution in [1.82, 2.24) is 4.57 Å². The Labute approximate surface area is 288 Å². The molecule has 0 saturated carbocycles. The minimum absolute atomic E-state index is 0.131. The first-order chi connectivity index (χ1) is 24.4. The number of hydrogen-bond donors (Lipinski definition) is 0. The molecule has 1 heterocycles. The van der Waals surface area contributed by atoms with Crippen molar-refractivity contribution >= 4 is 85.5 Å². The van der Waals surface area contributed by atoms with Gasteiger partial charge in [-0.1, -0.05) is 54.1 Å². The molecule has 0 fully saturated rings. The zero-order chi connectivity index (χ0) is 33.6. The quantitative estimate of drug-likeness (QED) is 0.139. The predicted molar refractivity (Wildman–Crippen MR) is 207 cm³/mol. The summed E-state index contributed by atoms with van der Waals surface area (Å²) in [4.78, 5) is 0.131. The van der Waals surface area contributed by atoms with Crippen LogP contribution >= 0.6 is 0 Å². The third-order valence-corrected chi connectivity index (χ3v) is 11.2. The second-order valence-corrected chi connectivity index (χ2v) is 14.8. The molecule has 0 aliphatic rings. The average molecular weight is 664 g/mol. The second-order valence-electron chi connectivity index (χ2n) is 13.2. The highest BCUT2D eigenvalue weighted by Crippen LogP contribution is 2.39. The van der Waals surface area contributed by atoms with Gasteiger partial charge in [0.25, 0.3) is 0 Å². The predicted octanol–water partition coefficient (Wildman–Crippen LogP) is 11.6. The summed E-state index contributed by atoms with van der Waals surface area (Å²) in [6.45, 7) is 1.92. The van der Waals surface area contributed by atoms with Crippen LogP contribution in [0.3, 0.4) is 0 Å². The lowest BCUT2D eigenvalue weighted by atomic mass is 9.93. The Morgan fingerprint density at radius 1 is 0.440 bits per heavy atom. The molecule has 0 atom stereocenters. The summed E-state index contributed by atoms with van der Waals surface area (Å²) in [5, 5.41) is 15.6. The van der Waals surface area contributed by atoms with Crippen LogP contribution in [0.25, 0.3) is 81.1 Å². The van der Waals surface area contributed by atoms with E-state index in [1.165, 1.54) is 37.7 Å². The summed E-state index contributed by atoms with van der Waals surface area (Å²) >= 11 is 0. The molecule has 0 aliphatic heterocycles. The lowest BCUT2D eigenvalue weighted by molar-refractivity contribution is 0.488. The highest BCUT2D eigenvalue weighted by molar-refractivity contribution is 7.87. The van der Waals surface area contributed by atoms with Crippen LogP contribution in [0.5, 0.6) is 5.75 Å². The van der Waals surface area contributed by atoms with Gasteiger partial charge in [-0.2, -0.15) is 8.42 Å². The van der Waals surface area contributed by atoms with Gasteiger partial charge >= 0.3 is 10.1 Å². The van der Waals surface area contributed by atoms with Gasteiger partial charge in [0.1, 0.15) is 4.90 Å². The van der Waals surface area contributed by atoms with Gasteiger partial charge in [-0.05, 0) is 163 Å². The summed E-state index contributed by atoms with van der Waals surface area (Å²) in [7, 11) is -4.00. The summed E-state index contributed by atoms with van der Waals surface area (Å²) in [5.41, 5.74) is 2.14. The normalized spacial score (nSPS) is 12.3. The van der Waals surface area contributed by atoms with E-state index in [4.69, 9.17) is 4.18 Å². The molecular formula is C45H29NO3S. The summed E-state index contributed by atoms with van der Waals surface area (Å²) < 4.78 is 34.4. The first kappa shape index (κ1) is 28.8. The maximum Gasteiger partial charge on any atom is 0.339 e. The van der Waals surface area contributed by atoms with E-state index in [9.17, 15) is 8.42 Å². The number of benzene rings is 9. The Balaban J connectivity index is 1.18. The van der Waals surface area contributed by atoms with Gasteiger partial charge in [0, 0.05) is 28.6 Å². The van der Waals surface area contributed by atoms with Crippen molar-refractivity contribution in [3.05, 3.63) is 164 Å². The molecule has 50 heavy (non-hydrogen) atoms. The third-order valence-electron chi connectivity index (χ3n) is 9.99. The van der Waals surface area contributed by atoms with E-state index >= 15 is 0 Å². The van der Waals surface area contributed by atoms with Crippen molar-refractivity contribution in [2.75, 3.05) is 0 Å². The number of nitrogens with zero attached hydrogens (tertiary/aromatic N) is 1. The molecule has 0 aliphatic carbocycles. The van der Waals surface area contributed by atoms with Crippen LogP contribution in [-0.2, 0) is 10.1 Å². The summed E-state index contributed by atoms with van der Waals surface area (Å²) in [6.07, 6.45) is 4.24. The first-order valence-corrected chi connectivity index (χ1v) is 18.1. The van der Waals surface area contributed by atoms with Crippen LogP contribution in [0, 0.1) is 6.92 Å². The number of aromatic nitrogens is 1. The maximum absolute atomic E-state index is 13.2. The topological polar surface area (TPSA) is 48.3 Å². The third kappa shape index (κ3) is 4.62. The van der Waals surface area contributed by atoms with Crippen molar-refractivity contribution in [3.63, 3.8) is 0 Å². The minimum atomic E-state index is -4.00. The summed E-state index contributed by atoms with van der Waals surface area (Å²) in [6, 6.07) is 49.6. The highest BCUT2D eigenvalue weighted by atomic mass is 32.2.